The van der Waals surface area contributed by atoms with E-state index < -0.39 is 9.84 Å². The lowest BCUT2D eigenvalue weighted by atomic mass is 10.1. The first-order chi connectivity index (χ1) is 10.9. The van der Waals surface area contributed by atoms with Crippen molar-refractivity contribution in [1.82, 2.24) is 9.80 Å². The molecule has 0 saturated carbocycles. The largest absolute Gasteiger partial charge is 0.494 e. The molecular weight excluding hydrogens is 316 g/mol. The Labute approximate surface area is 137 Å². The molecule has 0 atom stereocenters. The SMILES string of the molecule is CCOc1ccc(C(=O)N2CCN(CCS(C)(=O)=O)CC2)cc1. The van der Waals surface area contributed by atoms with Gasteiger partial charge in [0, 0.05) is 44.5 Å². The normalized spacial score (nSPS) is 16.3. The van der Waals surface area contributed by atoms with E-state index in [9.17, 15) is 13.2 Å². The summed E-state index contributed by atoms with van der Waals surface area (Å²) in [5, 5.41) is 0. The minimum absolute atomic E-state index is 0.0100. The second kappa shape index (κ2) is 7.79. The zero-order valence-electron chi connectivity index (χ0n) is 13.7. The molecule has 1 saturated heterocycles. The van der Waals surface area contributed by atoms with Crippen molar-refractivity contribution in [3.05, 3.63) is 29.8 Å². The van der Waals surface area contributed by atoms with Crippen LogP contribution in [0.5, 0.6) is 5.75 Å². The second-order valence-electron chi connectivity index (χ2n) is 5.72. The first-order valence-corrected chi connectivity index (χ1v) is 9.87. The highest BCUT2D eigenvalue weighted by Gasteiger charge is 2.22. The summed E-state index contributed by atoms with van der Waals surface area (Å²) in [4.78, 5) is 16.4. The predicted molar refractivity (Wildman–Crippen MR) is 89.7 cm³/mol. The van der Waals surface area contributed by atoms with Gasteiger partial charge < -0.3 is 9.64 Å². The summed E-state index contributed by atoms with van der Waals surface area (Å²) in [6, 6.07) is 7.17. The molecule has 1 aromatic carbocycles. The summed E-state index contributed by atoms with van der Waals surface area (Å²) in [6.07, 6.45) is 1.25. The fourth-order valence-electron chi connectivity index (χ4n) is 2.51. The third kappa shape index (κ3) is 5.51. The zero-order valence-corrected chi connectivity index (χ0v) is 14.5. The van der Waals surface area contributed by atoms with E-state index in [1.807, 2.05) is 11.8 Å². The summed E-state index contributed by atoms with van der Waals surface area (Å²) in [5.41, 5.74) is 0.651. The van der Waals surface area contributed by atoms with Crippen LogP contribution >= 0.6 is 0 Å². The van der Waals surface area contributed by atoms with Crippen LogP contribution < -0.4 is 4.74 Å². The van der Waals surface area contributed by atoms with E-state index in [0.717, 1.165) is 5.75 Å². The number of piperazine rings is 1. The summed E-state index contributed by atoms with van der Waals surface area (Å²) in [6.45, 7) is 5.71. The Morgan fingerprint density at radius 2 is 1.74 bits per heavy atom. The Morgan fingerprint density at radius 1 is 1.13 bits per heavy atom. The summed E-state index contributed by atoms with van der Waals surface area (Å²) in [7, 11) is -2.94. The fraction of sp³-hybridized carbons (Fsp3) is 0.562. The van der Waals surface area contributed by atoms with Gasteiger partial charge in [-0.1, -0.05) is 0 Å². The Balaban J connectivity index is 1.85. The Morgan fingerprint density at radius 3 is 2.26 bits per heavy atom. The molecule has 0 unspecified atom stereocenters. The number of hydrogen-bond donors (Lipinski definition) is 0. The van der Waals surface area contributed by atoms with Crippen molar-refractivity contribution >= 4 is 15.7 Å². The molecule has 0 N–H and O–H groups in total. The first kappa shape index (κ1) is 17.7. The van der Waals surface area contributed by atoms with Gasteiger partial charge in [0.25, 0.3) is 5.91 Å². The predicted octanol–water partition coefficient (Wildman–Crippen LogP) is 0.888. The van der Waals surface area contributed by atoms with Crippen LogP contribution in [0.25, 0.3) is 0 Å². The Kier molecular flexibility index (Phi) is 6.01. The van der Waals surface area contributed by atoms with E-state index in [1.165, 1.54) is 6.26 Å². The molecule has 0 aliphatic carbocycles. The minimum Gasteiger partial charge on any atom is -0.494 e. The summed E-state index contributed by atoms with van der Waals surface area (Å²) < 4.78 is 27.8. The van der Waals surface area contributed by atoms with Crippen molar-refractivity contribution in [3.63, 3.8) is 0 Å². The molecule has 6 nitrogen and oxygen atoms in total. The number of amides is 1. The van der Waals surface area contributed by atoms with E-state index in [1.54, 1.807) is 24.3 Å². The number of carbonyl (C=O) groups excluding carboxylic acids is 1. The van der Waals surface area contributed by atoms with Gasteiger partial charge in [-0.25, -0.2) is 8.42 Å². The van der Waals surface area contributed by atoms with Crippen molar-refractivity contribution in [1.29, 1.82) is 0 Å². The van der Waals surface area contributed by atoms with Crippen molar-refractivity contribution in [2.24, 2.45) is 0 Å². The number of ether oxygens (including phenoxy) is 1. The average Bonchev–Trinajstić information content (AvgIpc) is 2.53. The number of benzene rings is 1. The molecule has 0 bridgehead atoms. The van der Waals surface area contributed by atoms with Gasteiger partial charge in [0.15, 0.2) is 0 Å². The van der Waals surface area contributed by atoms with Crippen LogP contribution in [0.3, 0.4) is 0 Å². The van der Waals surface area contributed by atoms with Crippen molar-refractivity contribution in [3.8, 4) is 5.75 Å². The highest BCUT2D eigenvalue weighted by molar-refractivity contribution is 7.90. The molecule has 0 spiro atoms. The van der Waals surface area contributed by atoms with Gasteiger partial charge in [0.1, 0.15) is 15.6 Å². The van der Waals surface area contributed by atoms with Gasteiger partial charge >= 0.3 is 0 Å². The van der Waals surface area contributed by atoms with Gasteiger partial charge in [-0.05, 0) is 31.2 Å². The third-order valence-corrected chi connectivity index (χ3v) is 4.77. The van der Waals surface area contributed by atoms with E-state index >= 15 is 0 Å². The molecule has 1 heterocycles. The number of sulfone groups is 1. The van der Waals surface area contributed by atoms with Gasteiger partial charge in [-0.2, -0.15) is 0 Å². The van der Waals surface area contributed by atoms with Crippen molar-refractivity contribution < 1.29 is 17.9 Å². The fourth-order valence-corrected chi connectivity index (χ4v) is 3.10. The lowest BCUT2D eigenvalue weighted by molar-refractivity contribution is 0.0644. The second-order valence-corrected chi connectivity index (χ2v) is 7.98. The number of hydrogen-bond acceptors (Lipinski definition) is 5. The van der Waals surface area contributed by atoms with Crippen molar-refractivity contribution in [2.45, 2.75) is 6.92 Å². The standard InChI is InChI=1S/C16H24N2O4S/c1-3-22-15-6-4-14(5-7-15)16(19)18-10-8-17(9-11-18)12-13-23(2,20)21/h4-7H,3,8-13H2,1-2H3. The molecular formula is C16H24N2O4S. The Bertz CT molecular complexity index is 620. The molecule has 2 rings (SSSR count). The molecule has 7 heteroatoms. The lowest BCUT2D eigenvalue weighted by Gasteiger charge is -2.34. The summed E-state index contributed by atoms with van der Waals surface area (Å²) in [5.74, 6) is 0.935. The molecule has 1 fully saturated rings. The molecule has 1 aliphatic heterocycles. The zero-order chi connectivity index (χ0) is 16.9. The molecule has 23 heavy (non-hydrogen) atoms. The number of carbonyl (C=O) groups is 1. The molecule has 0 radical (unpaired) electrons. The third-order valence-electron chi connectivity index (χ3n) is 3.85. The monoisotopic (exact) mass is 340 g/mol. The van der Waals surface area contributed by atoms with Crippen LogP contribution in [0.4, 0.5) is 0 Å². The molecule has 1 aromatic rings. The minimum atomic E-state index is -2.94. The molecule has 1 amide bonds. The summed E-state index contributed by atoms with van der Waals surface area (Å²) >= 11 is 0. The van der Waals surface area contributed by atoms with Crippen LogP contribution in [-0.4, -0.2) is 75.5 Å². The maximum atomic E-state index is 12.5. The van der Waals surface area contributed by atoms with Gasteiger partial charge in [0.05, 0.1) is 12.4 Å². The van der Waals surface area contributed by atoms with Crippen LogP contribution in [0.1, 0.15) is 17.3 Å². The average molecular weight is 340 g/mol. The van der Waals surface area contributed by atoms with E-state index in [0.29, 0.717) is 44.9 Å². The van der Waals surface area contributed by atoms with Gasteiger partial charge in [-0.3, -0.25) is 9.69 Å². The van der Waals surface area contributed by atoms with E-state index in [-0.39, 0.29) is 11.7 Å². The first-order valence-electron chi connectivity index (χ1n) is 7.81. The highest BCUT2D eigenvalue weighted by atomic mass is 32.2. The van der Waals surface area contributed by atoms with Crippen LogP contribution in [-0.2, 0) is 9.84 Å². The number of rotatable bonds is 6. The number of nitrogens with zero attached hydrogens (tertiary/aromatic N) is 2. The van der Waals surface area contributed by atoms with E-state index in [2.05, 4.69) is 4.90 Å². The van der Waals surface area contributed by atoms with Crippen molar-refractivity contribution in [2.75, 3.05) is 51.3 Å². The molecule has 128 valence electrons. The van der Waals surface area contributed by atoms with Crippen LogP contribution in [0.2, 0.25) is 0 Å². The van der Waals surface area contributed by atoms with Gasteiger partial charge in [0.2, 0.25) is 0 Å². The van der Waals surface area contributed by atoms with E-state index in [4.69, 9.17) is 4.74 Å². The Hall–Kier alpha value is -1.60. The van der Waals surface area contributed by atoms with Crippen LogP contribution in [0.15, 0.2) is 24.3 Å². The topological polar surface area (TPSA) is 66.9 Å². The van der Waals surface area contributed by atoms with Crippen LogP contribution in [0, 0.1) is 0 Å². The smallest absolute Gasteiger partial charge is 0.253 e. The highest BCUT2D eigenvalue weighted by Crippen LogP contribution is 2.14. The molecule has 0 aromatic heterocycles. The lowest BCUT2D eigenvalue weighted by Crippen LogP contribution is -2.49. The van der Waals surface area contributed by atoms with Gasteiger partial charge in [-0.15, -0.1) is 0 Å². The molecule has 1 aliphatic rings. The quantitative estimate of drug-likeness (QED) is 0.769. The maximum Gasteiger partial charge on any atom is 0.253 e. The maximum absolute atomic E-state index is 12.5.